The molecule has 1 unspecified atom stereocenters. The summed E-state index contributed by atoms with van der Waals surface area (Å²) in [5, 5.41) is 0. The average Bonchev–Trinajstić information content (AvgIpc) is 3.35. The van der Waals surface area contributed by atoms with Gasteiger partial charge in [-0.25, -0.2) is 0 Å². The number of nitrogens with zero attached hydrogens (tertiary/aromatic N) is 2. The Balaban J connectivity index is 1.45. The van der Waals surface area contributed by atoms with E-state index in [1.165, 1.54) is 25.0 Å². The SMILES string of the molecule is C[C@H]1CC[C@H](C)N1CC1CCCN1C(=O)c1ccc(-c2ccc(C(F)(F)F)cc2)cc1. The Morgan fingerprint density at radius 1 is 0.903 bits per heavy atom. The molecule has 1 amide bonds. The number of hydrogen-bond donors (Lipinski definition) is 0. The monoisotopic (exact) mass is 430 g/mol. The van der Waals surface area contributed by atoms with Gasteiger partial charge in [-0.2, -0.15) is 13.2 Å². The van der Waals surface area contributed by atoms with Crippen molar-refractivity contribution in [3.63, 3.8) is 0 Å². The first-order valence-electron chi connectivity index (χ1n) is 11.1. The molecular weight excluding hydrogens is 401 g/mol. The Morgan fingerprint density at radius 3 is 2.00 bits per heavy atom. The Kier molecular flexibility index (Phi) is 6.11. The van der Waals surface area contributed by atoms with E-state index in [4.69, 9.17) is 0 Å². The predicted octanol–water partition coefficient (Wildman–Crippen LogP) is 5.85. The number of halogens is 3. The lowest BCUT2D eigenvalue weighted by Gasteiger charge is -2.33. The van der Waals surface area contributed by atoms with Crippen LogP contribution in [-0.2, 0) is 6.18 Å². The van der Waals surface area contributed by atoms with Crippen LogP contribution in [0, 0.1) is 0 Å². The fraction of sp³-hybridized carbons (Fsp3) is 0.480. The number of hydrogen-bond acceptors (Lipinski definition) is 2. The molecule has 0 aromatic heterocycles. The van der Waals surface area contributed by atoms with Crippen molar-refractivity contribution in [2.24, 2.45) is 0 Å². The number of benzene rings is 2. The molecule has 2 saturated heterocycles. The van der Waals surface area contributed by atoms with Crippen molar-refractivity contribution in [1.29, 1.82) is 0 Å². The van der Waals surface area contributed by atoms with E-state index in [0.29, 0.717) is 23.2 Å². The van der Waals surface area contributed by atoms with E-state index < -0.39 is 11.7 Å². The molecule has 0 spiro atoms. The summed E-state index contributed by atoms with van der Waals surface area (Å²) in [6.45, 7) is 6.24. The van der Waals surface area contributed by atoms with Gasteiger partial charge in [0.05, 0.1) is 5.56 Å². The number of carbonyl (C=O) groups excluding carboxylic acids is 1. The molecule has 0 bridgehead atoms. The molecular formula is C25H29F3N2O. The van der Waals surface area contributed by atoms with Crippen LogP contribution in [0.15, 0.2) is 48.5 Å². The lowest BCUT2D eigenvalue weighted by Crippen LogP contribution is -2.46. The van der Waals surface area contributed by atoms with Crippen LogP contribution in [0.4, 0.5) is 13.2 Å². The van der Waals surface area contributed by atoms with Gasteiger partial charge in [-0.05, 0) is 74.9 Å². The molecule has 0 radical (unpaired) electrons. The van der Waals surface area contributed by atoms with Gasteiger partial charge < -0.3 is 4.90 Å². The van der Waals surface area contributed by atoms with E-state index in [0.717, 1.165) is 43.6 Å². The molecule has 2 heterocycles. The minimum Gasteiger partial charge on any atom is -0.334 e. The number of carbonyl (C=O) groups is 1. The lowest BCUT2D eigenvalue weighted by molar-refractivity contribution is -0.137. The smallest absolute Gasteiger partial charge is 0.334 e. The van der Waals surface area contributed by atoms with Gasteiger partial charge in [0.2, 0.25) is 0 Å². The lowest BCUT2D eigenvalue weighted by atomic mass is 10.0. The maximum absolute atomic E-state index is 13.2. The fourth-order valence-corrected chi connectivity index (χ4v) is 4.97. The second-order valence-electron chi connectivity index (χ2n) is 8.92. The number of rotatable bonds is 4. The second kappa shape index (κ2) is 8.65. The average molecular weight is 431 g/mol. The predicted molar refractivity (Wildman–Crippen MR) is 116 cm³/mol. The summed E-state index contributed by atoms with van der Waals surface area (Å²) in [5.41, 5.74) is 1.46. The van der Waals surface area contributed by atoms with Crippen LogP contribution in [0.5, 0.6) is 0 Å². The third kappa shape index (κ3) is 4.64. The topological polar surface area (TPSA) is 23.6 Å². The van der Waals surface area contributed by atoms with Crippen LogP contribution in [-0.4, -0.2) is 46.9 Å². The van der Waals surface area contributed by atoms with Crippen molar-refractivity contribution in [3.8, 4) is 11.1 Å². The molecule has 31 heavy (non-hydrogen) atoms. The molecule has 2 aliphatic rings. The maximum atomic E-state index is 13.2. The molecule has 0 N–H and O–H groups in total. The van der Waals surface area contributed by atoms with Crippen LogP contribution >= 0.6 is 0 Å². The van der Waals surface area contributed by atoms with Gasteiger partial charge >= 0.3 is 6.18 Å². The molecule has 2 aromatic carbocycles. The summed E-state index contributed by atoms with van der Waals surface area (Å²) < 4.78 is 38.3. The third-order valence-electron chi connectivity index (χ3n) is 6.87. The summed E-state index contributed by atoms with van der Waals surface area (Å²) >= 11 is 0. The normalized spacial score (nSPS) is 24.7. The fourth-order valence-electron chi connectivity index (χ4n) is 4.97. The highest BCUT2D eigenvalue weighted by atomic mass is 19.4. The molecule has 3 atom stereocenters. The van der Waals surface area contributed by atoms with Gasteiger partial charge in [0.15, 0.2) is 0 Å². The van der Waals surface area contributed by atoms with Gasteiger partial charge in [0.25, 0.3) is 5.91 Å². The van der Waals surface area contributed by atoms with E-state index in [1.807, 2.05) is 17.0 Å². The summed E-state index contributed by atoms with van der Waals surface area (Å²) in [5.74, 6) is 0.0426. The Bertz CT molecular complexity index is 898. The van der Waals surface area contributed by atoms with Crippen molar-refractivity contribution in [2.45, 2.75) is 63.8 Å². The first-order valence-corrected chi connectivity index (χ1v) is 11.1. The second-order valence-corrected chi connectivity index (χ2v) is 8.92. The maximum Gasteiger partial charge on any atom is 0.416 e. The quantitative estimate of drug-likeness (QED) is 0.608. The molecule has 2 aromatic rings. The molecule has 2 aliphatic heterocycles. The third-order valence-corrected chi connectivity index (χ3v) is 6.87. The Morgan fingerprint density at radius 2 is 1.45 bits per heavy atom. The standard InChI is InChI=1S/C25H29F3N2O/c1-17-5-6-18(2)30(17)16-23-4-3-15-29(23)24(31)21-9-7-19(8-10-21)20-11-13-22(14-12-20)25(26,27)28/h7-14,17-18,23H,3-6,15-16H2,1-2H3/t17-,18-,23?/m0/s1. The number of amides is 1. The Labute approximate surface area is 181 Å². The van der Waals surface area contributed by atoms with Gasteiger partial charge in [0, 0.05) is 36.8 Å². The zero-order valence-electron chi connectivity index (χ0n) is 18.0. The first kappa shape index (κ1) is 21.9. The van der Waals surface area contributed by atoms with Crippen LogP contribution in [0.2, 0.25) is 0 Å². The van der Waals surface area contributed by atoms with Crippen molar-refractivity contribution in [1.82, 2.24) is 9.80 Å². The highest BCUT2D eigenvalue weighted by Gasteiger charge is 2.35. The summed E-state index contributed by atoms with van der Waals surface area (Å²) in [6, 6.07) is 13.7. The number of alkyl halides is 3. The zero-order valence-corrected chi connectivity index (χ0v) is 18.0. The van der Waals surface area contributed by atoms with Crippen molar-refractivity contribution in [2.75, 3.05) is 13.1 Å². The van der Waals surface area contributed by atoms with E-state index in [1.54, 1.807) is 12.1 Å². The minimum atomic E-state index is -4.34. The zero-order chi connectivity index (χ0) is 22.2. The number of likely N-dealkylation sites (tertiary alicyclic amines) is 2. The van der Waals surface area contributed by atoms with E-state index in [9.17, 15) is 18.0 Å². The Hall–Kier alpha value is -2.34. The molecule has 6 heteroatoms. The van der Waals surface area contributed by atoms with E-state index in [-0.39, 0.29) is 11.9 Å². The molecule has 2 fully saturated rings. The highest BCUT2D eigenvalue weighted by molar-refractivity contribution is 5.95. The van der Waals surface area contributed by atoms with Crippen molar-refractivity contribution >= 4 is 5.91 Å². The van der Waals surface area contributed by atoms with E-state index >= 15 is 0 Å². The van der Waals surface area contributed by atoms with Crippen molar-refractivity contribution in [3.05, 3.63) is 59.7 Å². The van der Waals surface area contributed by atoms with Gasteiger partial charge in [-0.3, -0.25) is 9.69 Å². The van der Waals surface area contributed by atoms with Crippen LogP contribution in [0.25, 0.3) is 11.1 Å². The molecule has 166 valence electrons. The van der Waals surface area contributed by atoms with Gasteiger partial charge in [-0.1, -0.05) is 24.3 Å². The van der Waals surface area contributed by atoms with Crippen molar-refractivity contribution < 1.29 is 18.0 Å². The van der Waals surface area contributed by atoms with Gasteiger partial charge in [-0.15, -0.1) is 0 Å². The first-order chi connectivity index (χ1) is 14.7. The summed E-state index contributed by atoms with van der Waals surface area (Å²) in [4.78, 5) is 17.7. The van der Waals surface area contributed by atoms with Crippen LogP contribution in [0.1, 0.15) is 55.5 Å². The highest BCUT2D eigenvalue weighted by Crippen LogP contribution is 2.32. The summed E-state index contributed by atoms with van der Waals surface area (Å²) in [7, 11) is 0. The molecule has 3 nitrogen and oxygen atoms in total. The summed E-state index contributed by atoms with van der Waals surface area (Å²) in [6.07, 6.45) is 0.147. The minimum absolute atomic E-state index is 0.0426. The van der Waals surface area contributed by atoms with Crippen LogP contribution in [0.3, 0.4) is 0 Å². The molecule has 0 aliphatic carbocycles. The largest absolute Gasteiger partial charge is 0.416 e. The van der Waals surface area contributed by atoms with Crippen LogP contribution < -0.4 is 0 Å². The molecule has 4 rings (SSSR count). The van der Waals surface area contributed by atoms with E-state index in [2.05, 4.69) is 18.7 Å². The molecule has 0 saturated carbocycles. The van der Waals surface area contributed by atoms with Gasteiger partial charge in [0.1, 0.15) is 0 Å².